The Morgan fingerprint density at radius 1 is 1.50 bits per heavy atom. The Morgan fingerprint density at radius 2 is 2.38 bits per heavy atom. The lowest BCUT2D eigenvalue weighted by atomic mass is 10.4. The molecule has 1 N–H and O–H groups in total. The summed E-state index contributed by atoms with van der Waals surface area (Å²) in [5.74, 6) is 3.49. The maximum absolute atomic E-state index is 5.47. The summed E-state index contributed by atoms with van der Waals surface area (Å²) in [6.07, 6.45) is 2.49. The fourth-order valence-electron chi connectivity index (χ4n) is 1.56. The number of furan rings is 1. The standard InChI is InChI=1S/C11H13N3OS/c1-7-2-5-9(15-7)6-12-11-13-10(14-16-11)8-3-4-8/h2,5,8H,3-4,6H2,1H3,(H,12,13,14). The fourth-order valence-corrected chi connectivity index (χ4v) is 2.20. The van der Waals surface area contributed by atoms with E-state index >= 15 is 0 Å². The van der Waals surface area contributed by atoms with E-state index in [1.54, 1.807) is 0 Å². The van der Waals surface area contributed by atoms with Crippen LogP contribution in [0, 0.1) is 6.92 Å². The van der Waals surface area contributed by atoms with Crippen molar-refractivity contribution in [2.75, 3.05) is 5.32 Å². The van der Waals surface area contributed by atoms with Gasteiger partial charge >= 0.3 is 0 Å². The Hall–Kier alpha value is -1.36. The molecule has 0 aliphatic heterocycles. The lowest BCUT2D eigenvalue weighted by Crippen LogP contribution is -1.97. The molecule has 0 bridgehead atoms. The molecule has 0 amide bonds. The summed E-state index contributed by atoms with van der Waals surface area (Å²) in [5, 5.41) is 4.11. The molecule has 2 aromatic rings. The van der Waals surface area contributed by atoms with Gasteiger partial charge in [0.1, 0.15) is 17.3 Å². The quantitative estimate of drug-likeness (QED) is 0.885. The molecule has 0 unspecified atom stereocenters. The van der Waals surface area contributed by atoms with Gasteiger partial charge in [-0.05, 0) is 31.9 Å². The number of aryl methyl sites for hydroxylation is 1. The highest BCUT2D eigenvalue weighted by Crippen LogP contribution is 2.39. The summed E-state index contributed by atoms with van der Waals surface area (Å²) in [6, 6.07) is 3.94. The van der Waals surface area contributed by atoms with Gasteiger partial charge < -0.3 is 9.73 Å². The SMILES string of the molecule is Cc1ccc(CNc2nc(C3CC3)ns2)o1. The molecule has 0 aromatic carbocycles. The third-order valence-corrected chi connectivity index (χ3v) is 3.28. The monoisotopic (exact) mass is 235 g/mol. The minimum Gasteiger partial charge on any atom is -0.465 e. The van der Waals surface area contributed by atoms with Crippen LogP contribution in [0.3, 0.4) is 0 Å². The molecule has 1 aliphatic rings. The van der Waals surface area contributed by atoms with Crippen LogP contribution in [0.2, 0.25) is 0 Å². The van der Waals surface area contributed by atoms with Crippen LogP contribution in [0.25, 0.3) is 0 Å². The molecule has 0 radical (unpaired) electrons. The summed E-state index contributed by atoms with van der Waals surface area (Å²) >= 11 is 1.43. The van der Waals surface area contributed by atoms with Crippen LogP contribution < -0.4 is 5.32 Å². The molecule has 2 aromatic heterocycles. The molecule has 0 atom stereocenters. The molecule has 1 aliphatic carbocycles. The first kappa shape index (κ1) is 9.84. The second-order valence-electron chi connectivity index (χ2n) is 4.10. The van der Waals surface area contributed by atoms with E-state index in [1.165, 1.54) is 24.4 Å². The summed E-state index contributed by atoms with van der Waals surface area (Å²) < 4.78 is 9.80. The van der Waals surface area contributed by atoms with Gasteiger partial charge in [-0.3, -0.25) is 0 Å². The van der Waals surface area contributed by atoms with Crippen molar-refractivity contribution in [1.29, 1.82) is 0 Å². The number of nitrogens with one attached hydrogen (secondary N) is 1. The van der Waals surface area contributed by atoms with E-state index < -0.39 is 0 Å². The Balaban J connectivity index is 1.61. The largest absolute Gasteiger partial charge is 0.465 e. The van der Waals surface area contributed by atoms with Crippen molar-refractivity contribution in [3.63, 3.8) is 0 Å². The first-order chi connectivity index (χ1) is 7.81. The molecule has 5 heteroatoms. The Bertz CT molecular complexity index is 487. The molecule has 2 heterocycles. The minimum absolute atomic E-state index is 0.623. The number of rotatable bonds is 4. The van der Waals surface area contributed by atoms with E-state index in [2.05, 4.69) is 14.7 Å². The summed E-state index contributed by atoms with van der Waals surface area (Å²) in [7, 11) is 0. The van der Waals surface area contributed by atoms with E-state index in [0.29, 0.717) is 12.5 Å². The minimum atomic E-state index is 0.623. The molecule has 84 valence electrons. The predicted octanol–water partition coefficient (Wildman–Crippen LogP) is 2.93. The van der Waals surface area contributed by atoms with Crippen molar-refractivity contribution in [3.05, 3.63) is 29.5 Å². The van der Waals surface area contributed by atoms with Crippen molar-refractivity contribution in [3.8, 4) is 0 Å². The van der Waals surface area contributed by atoms with Crippen LogP contribution in [0.5, 0.6) is 0 Å². The third-order valence-electron chi connectivity index (χ3n) is 2.59. The van der Waals surface area contributed by atoms with Crippen molar-refractivity contribution >= 4 is 16.7 Å². The first-order valence-electron chi connectivity index (χ1n) is 5.44. The Kier molecular flexibility index (Phi) is 2.40. The molecule has 0 saturated heterocycles. The third kappa shape index (κ3) is 2.09. The van der Waals surface area contributed by atoms with Gasteiger partial charge in [0.25, 0.3) is 0 Å². The number of aromatic nitrogens is 2. The van der Waals surface area contributed by atoms with E-state index in [1.807, 2.05) is 19.1 Å². The highest BCUT2D eigenvalue weighted by atomic mass is 32.1. The van der Waals surface area contributed by atoms with Crippen molar-refractivity contribution in [2.45, 2.75) is 32.2 Å². The molecular formula is C11H13N3OS. The second kappa shape index (κ2) is 3.90. The van der Waals surface area contributed by atoms with E-state index in [-0.39, 0.29) is 0 Å². The van der Waals surface area contributed by atoms with Gasteiger partial charge in [-0.25, -0.2) is 4.98 Å². The molecule has 1 fully saturated rings. The highest BCUT2D eigenvalue weighted by Gasteiger charge is 2.27. The topological polar surface area (TPSA) is 51.0 Å². The second-order valence-corrected chi connectivity index (χ2v) is 4.85. The summed E-state index contributed by atoms with van der Waals surface area (Å²) in [4.78, 5) is 4.45. The van der Waals surface area contributed by atoms with Crippen LogP contribution in [0.4, 0.5) is 5.13 Å². The zero-order chi connectivity index (χ0) is 11.0. The molecular weight excluding hydrogens is 222 g/mol. The average molecular weight is 235 g/mol. The zero-order valence-electron chi connectivity index (χ0n) is 9.06. The van der Waals surface area contributed by atoms with Gasteiger partial charge in [-0.1, -0.05) is 0 Å². The van der Waals surface area contributed by atoms with Crippen molar-refractivity contribution < 1.29 is 4.42 Å². The van der Waals surface area contributed by atoms with Crippen LogP contribution >= 0.6 is 11.5 Å². The van der Waals surface area contributed by atoms with Crippen LogP contribution in [-0.4, -0.2) is 9.36 Å². The normalized spacial score (nSPS) is 15.3. The lowest BCUT2D eigenvalue weighted by molar-refractivity contribution is 0.490. The highest BCUT2D eigenvalue weighted by molar-refractivity contribution is 7.09. The molecule has 0 spiro atoms. The smallest absolute Gasteiger partial charge is 0.202 e. The molecule has 4 nitrogen and oxygen atoms in total. The van der Waals surface area contributed by atoms with Crippen LogP contribution in [0.1, 0.15) is 36.1 Å². The number of anilines is 1. The van der Waals surface area contributed by atoms with Crippen LogP contribution in [0.15, 0.2) is 16.5 Å². The maximum atomic E-state index is 5.47. The average Bonchev–Trinajstić information content (AvgIpc) is 2.87. The molecule has 3 rings (SSSR count). The molecule has 16 heavy (non-hydrogen) atoms. The van der Waals surface area contributed by atoms with Crippen molar-refractivity contribution in [1.82, 2.24) is 9.36 Å². The fraction of sp³-hybridized carbons (Fsp3) is 0.455. The van der Waals surface area contributed by atoms with Gasteiger partial charge in [-0.15, -0.1) is 0 Å². The number of hydrogen-bond donors (Lipinski definition) is 1. The zero-order valence-corrected chi connectivity index (χ0v) is 9.88. The van der Waals surface area contributed by atoms with Gasteiger partial charge in [0.15, 0.2) is 0 Å². The maximum Gasteiger partial charge on any atom is 0.202 e. The Morgan fingerprint density at radius 3 is 3.06 bits per heavy atom. The lowest BCUT2D eigenvalue weighted by Gasteiger charge is -1.97. The summed E-state index contributed by atoms with van der Waals surface area (Å²) in [5.41, 5.74) is 0. The van der Waals surface area contributed by atoms with Gasteiger partial charge in [0, 0.05) is 17.5 Å². The van der Waals surface area contributed by atoms with Crippen LogP contribution in [-0.2, 0) is 6.54 Å². The van der Waals surface area contributed by atoms with Gasteiger partial charge in [0.05, 0.1) is 6.54 Å². The van der Waals surface area contributed by atoms with E-state index in [0.717, 1.165) is 22.5 Å². The predicted molar refractivity (Wildman–Crippen MR) is 62.7 cm³/mol. The van der Waals surface area contributed by atoms with Crippen molar-refractivity contribution in [2.24, 2.45) is 0 Å². The molecule has 1 saturated carbocycles. The Labute approximate surface area is 97.9 Å². The first-order valence-corrected chi connectivity index (χ1v) is 6.21. The van der Waals surface area contributed by atoms with Gasteiger partial charge in [0.2, 0.25) is 5.13 Å². The van der Waals surface area contributed by atoms with E-state index in [9.17, 15) is 0 Å². The van der Waals surface area contributed by atoms with E-state index in [4.69, 9.17) is 4.42 Å². The number of hydrogen-bond acceptors (Lipinski definition) is 5. The number of nitrogens with zero attached hydrogens (tertiary/aromatic N) is 2. The summed E-state index contributed by atoms with van der Waals surface area (Å²) in [6.45, 7) is 2.62. The van der Waals surface area contributed by atoms with Gasteiger partial charge in [-0.2, -0.15) is 4.37 Å².